The van der Waals surface area contributed by atoms with Crippen LogP contribution in [-0.2, 0) is 0 Å². The fourth-order valence-electron chi connectivity index (χ4n) is 2.14. The Hall–Kier alpha value is -0.120. The lowest BCUT2D eigenvalue weighted by molar-refractivity contribution is -0.0160. The van der Waals surface area contributed by atoms with Crippen LogP contribution in [0.15, 0.2) is 0 Å². The number of hydrogen-bond donors (Lipinski definition) is 2. The first-order valence-electron chi connectivity index (χ1n) is 6.20. The van der Waals surface area contributed by atoms with Gasteiger partial charge >= 0.3 is 0 Å². The molecule has 0 saturated heterocycles. The van der Waals surface area contributed by atoms with Gasteiger partial charge in [-0.25, -0.2) is 0 Å². The van der Waals surface area contributed by atoms with Crippen LogP contribution >= 0.6 is 0 Å². The lowest BCUT2D eigenvalue weighted by atomic mass is 9.96. The highest BCUT2D eigenvalue weighted by Gasteiger charge is 2.43. The molecule has 0 amide bonds. The molecule has 0 spiro atoms. The van der Waals surface area contributed by atoms with E-state index in [0.29, 0.717) is 18.5 Å². The van der Waals surface area contributed by atoms with Crippen molar-refractivity contribution in [2.24, 2.45) is 11.7 Å². The third-order valence-corrected chi connectivity index (χ3v) is 3.41. The van der Waals surface area contributed by atoms with Crippen molar-refractivity contribution in [3.63, 3.8) is 0 Å². The quantitative estimate of drug-likeness (QED) is 0.669. The van der Waals surface area contributed by atoms with Crippen molar-refractivity contribution < 1.29 is 5.11 Å². The maximum absolute atomic E-state index is 10.4. The highest BCUT2D eigenvalue weighted by atomic mass is 16.3. The van der Waals surface area contributed by atoms with Crippen molar-refractivity contribution in [3.05, 3.63) is 0 Å². The number of nitrogens with two attached hydrogens (primary N) is 1. The third-order valence-electron chi connectivity index (χ3n) is 3.41. The molecular formula is C12H26N2O. The van der Waals surface area contributed by atoms with Gasteiger partial charge in [0.25, 0.3) is 0 Å². The summed E-state index contributed by atoms with van der Waals surface area (Å²) in [6.07, 6.45) is 3.42. The fraction of sp³-hybridized carbons (Fsp3) is 1.00. The summed E-state index contributed by atoms with van der Waals surface area (Å²) in [5.41, 5.74) is 5.08. The Morgan fingerprint density at radius 2 is 2.07 bits per heavy atom. The first-order chi connectivity index (χ1) is 7.03. The number of rotatable bonds is 7. The predicted molar refractivity (Wildman–Crippen MR) is 63.7 cm³/mol. The van der Waals surface area contributed by atoms with Crippen LogP contribution in [0, 0.1) is 5.92 Å². The van der Waals surface area contributed by atoms with Gasteiger partial charge in [-0.1, -0.05) is 6.92 Å². The van der Waals surface area contributed by atoms with Gasteiger partial charge in [-0.2, -0.15) is 0 Å². The normalized spacial score (nSPS) is 21.0. The van der Waals surface area contributed by atoms with E-state index in [9.17, 15) is 5.11 Å². The summed E-state index contributed by atoms with van der Waals surface area (Å²) in [4.78, 5) is 2.34. The monoisotopic (exact) mass is 214 g/mol. The van der Waals surface area contributed by atoms with E-state index in [2.05, 4.69) is 25.7 Å². The van der Waals surface area contributed by atoms with Gasteiger partial charge in [-0.15, -0.1) is 0 Å². The molecule has 3 nitrogen and oxygen atoms in total. The molecule has 1 rings (SSSR count). The second-order valence-corrected chi connectivity index (χ2v) is 5.15. The molecule has 15 heavy (non-hydrogen) atoms. The van der Waals surface area contributed by atoms with E-state index in [-0.39, 0.29) is 0 Å². The lowest BCUT2D eigenvalue weighted by Crippen LogP contribution is -2.52. The first kappa shape index (κ1) is 12.9. The summed E-state index contributed by atoms with van der Waals surface area (Å²) >= 11 is 0. The molecule has 0 aromatic carbocycles. The van der Waals surface area contributed by atoms with Crippen LogP contribution in [0.5, 0.6) is 0 Å². The van der Waals surface area contributed by atoms with Crippen molar-refractivity contribution in [2.75, 3.05) is 19.6 Å². The van der Waals surface area contributed by atoms with Gasteiger partial charge < -0.3 is 10.8 Å². The Bertz CT molecular complexity index is 192. The molecule has 0 bridgehead atoms. The van der Waals surface area contributed by atoms with E-state index >= 15 is 0 Å². The van der Waals surface area contributed by atoms with Crippen LogP contribution in [0.1, 0.15) is 40.0 Å². The van der Waals surface area contributed by atoms with Gasteiger partial charge in [0.05, 0.1) is 5.60 Å². The van der Waals surface area contributed by atoms with E-state index in [1.807, 2.05) is 0 Å². The smallest absolute Gasteiger partial charge is 0.0923 e. The van der Waals surface area contributed by atoms with Crippen LogP contribution in [-0.4, -0.2) is 41.3 Å². The summed E-state index contributed by atoms with van der Waals surface area (Å²) in [6, 6.07) is 0.488. The van der Waals surface area contributed by atoms with E-state index in [0.717, 1.165) is 32.4 Å². The van der Waals surface area contributed by atoms with Crippen molar-refractivity contribution in [2.45, 2.75) is 51.7 Å². The third kappa shape index (κ3) is 3.44. The fourth-order valence-corrected chi connectivity index (χ4v) is 2.14. The summed E-state index contributed by atoms with van der Waals surface area (Å²) in [7, 11) is 0. The van der Waals surface area contributed by atoms with Crippen molar-refractivity contribution in [3.8, 4) is 0 Å². The first-order valence-corrected chi connectivity index (χ1v) is 6.20. The molecule has 0 radical (unpaired) electrons. The van der Waals surface area contributed by atoms with Gasteiger partial charge in [-0.3, -0.25) is 4.90 Å². The highest BCUT2D eigenvalue weighted by Crippen LogP contribution is 2.39. The minimum atomic E-state index is -0.639. The summed E-state index contributed by atoms with van der Waals surface area (Å²) in [5, 5.41) is 10.4. The summed E-state index contributed by atoms with van der Waals surface area (Å²) in [6.45, 7) is 8.71. The molecule has 1 fully saturated rings. The van der Waals surface area contributed by atoms with E-state index in [1.54, 1.807) is 0 Å². The number of aliphatic hydroxyl groups is 1. The topological polar surface area (TPSA) is 49.5 Å². The number of hydrogen-bond acceptors (Lipinski definition) is 3. The van der Waals surface area contributed by atoms with Crippen molar-refractivity contribution >= 4 is 0 Å². The van der Waals surface area contributed by atoms with Crippen LogP contribution in [0.3, 0.4) is 0 Å². The zero-order valence-electron chi connectivity index (χ0n) is 10.4. The van der Waals surface area contributed by atoms with Gasteiger partial charge in [-0.05, 0) is 45.6 Å². The van der Waals surface area contributed by atoms with Gasteiger partial charge in [0.15, 0.2) is 0 Å². The molecule has 90 valence electrons. The Morgan fingerprint density at radius 1 is 1.47 bits per heavy atom. The molecule has 0 aromatic heterocycles. The Kier molecular flexibility index (Phi) is 4.56. The molecular weight excluding hydrogens is 188 g/mol. The molecule has 1 aliphatic carbocycles. The molecule has 3 N–H and O–H groups in total. The highest BCUT2D eigenvalue weighted by molar-refractivity contribution is 4.97. The molecule has 1 saturated carbocycles. The maximum atomic E-state index is 10.4. The van der Waals surface area contributed by atoms with Gasteiger partial charge in [0.2, 0.25) is 0 Å². The predicted octanol–water partition coefficient (Wildman–Crippen LogP) is 1.21. The summed E-state index contributed by atoms with van der Waals surface area (Å²) in [5.74, 6) is 0.445. The average molecular weight is 214 g/mol. The summed E-state index contributed by atoms with van der Waals surface area (Å²) < 4.78 is 0. The SMILES string of the molecule is CCCN(CC(O)(CN)C1CC1)C(C)C. The van der Waals surface area contributed by atoms with Crippen molar-refractivity contribution in [1.29, 1.82) is 0 Å². The van der Waals surface area contributed by atoms with E-state index < -0.39 is 5.60 Å². The Balaban J connectivity index is 2.53. The molecule has 0 heterocycles. The molecule has 3 heteroatoms. The van der Waals surface area contributed by atoms with Crippen LogP contribution in [0.4, 0.5) is 0 Å². The maximum Gasteiger partial charge on any atom is 0.0923 e. The van der Waals surface area contributed by atoms with Crippen molar-refractivity contribution in [1.82, 2.24) is 4.90 Å². The number of nitrogens with zero attached hydrogens (tertiary/aromatic N) is 1. The molecule has 1 unspecified atom stereocenters. The Morgan fingerprint density at radius 3 is 2.40 bits per heavy atom. The van der Waals surface area contributed by atoms with Crippen LogP contribution in [0.2, 0.25) is 0 Å². The van der Waals surface area contributed by atoms with Gasteiger partial charge in [0.1, 0.15) is 0 Å². The largest absolute Gasteiger partial charge is 0.387 e. The zero-order chi connectivity index (χ0) is 11.5. The lowest BCUT2D eigenvalue weighted by Gasteiger charge is -2.36. The second kappa shape index (κ2) is 5.28. The van der Waals surface area contributed by atoms with Gasteiger partial charge in [0, 0.05) is 19.1 Å². The second-order valence-electron chi connectivity index (χ2n) is 5.15. The van der Waals surface area contributed by atoms with E-state index in [4.69, 9.17) is 5.73 Å². The molecule has 0 aromatic rings. The molecule has 1 atom stereocenters. The minimum Gasteiger partial charge on any atom is -0.387 e. The Labute approximate surface area is 93.6 Å². The van der Waals surface area contributed by atoms with Crippen LogP contribution < -0.4 is 5.73 Å². The molecule has 0 aliphatic heterocycles. The molecule has 1 aliphatic rings. The van der Waals surface area contributed by atoms with Crippen LogP contribution in [0.25, 0.3) is 0 Å². The minimum absolute atomic E-state index is 0.393. The zero-order valence-corrected chi connectivity index (χ0v) is 10.4. The average Bonchev–Trinajstić information content (AvgIpc) is 3.00. The van der Waals surface area contributed by atoms with E-state index in [1.165, 1.54) is 0 Å². The standard InChI is InChI=1S/C12H26N2O/c1-4-7-14(10(2)3)9-12(15,8-13)11-5-6-11/h10-11,15H,4-9,13H2,1-3H3.